The number of benzene rings is 1. The van der Waals surface area contributed by atoms with Crippen LogP contribution in [0.2, 0.25) is 0 Å². The van der Waals surface area contributed by atoms with Crippen molar-refractivity contribution in [2.75, 3.05) is 6.54 Å². The van der Waals surface area contributed by atoms with E-state index in [9.17, 15) is 18.7 Å². The van der Waals surface area contributed by atoms with Crippen LogP contribution in [0.4, 0.5) is 8.78 Å². The van der Waals surface area contributed by atoms with Crippen LogP contribution < -0.4 is 5.32 Å². The van der Waals surface area contributed by atoms with Gasteiger partial charge in [0.25, 0.3) is 0 Å². The zero-order valence-electron chi connectivity index (χ0n) is 11.2. The third kappa shape index (κ3) is 4.59. The summed E-state index contributed by atoms with van der Waals surface area (Å²) in [7, 11) is 0. The van der Waals surface area contributed by atoms with E-state index in [-0.39, 0.29) is 18.9 Å². The Kier molecular flexibility index (Phi) is 5.42. The van der Waals surface area contributed by atoms with E-state index in [0.29, 0.717) is 18.4 Å². The van der Waals surface area contributed by atoms with Crippen LogP contribution in [0.15, 0.2) is 18.2 Å². The summed E-state index contributed by atoms with van der Waals surface area (Å²) in [6, 6.07) is 3.36. The van der Waals surface area contributed by atoms with Crippen molar-refractivity contribution in [1.82, 2.24) is 5.32 Å². The van der Waals surface area contributed by atoms with Crippen molar-refractivity contribution in [2.45, 2.75) is 38.7 Å². The second-order valence-electron chi connectivity index (χ2n) is 4.63. The summed E-state index contributed by atoms with van der Waals surface area (Å²) >= 11 is 0. The molecule has 0 saturated carbocycles. The summed E-state index contributed by atoms with van der Waals surface area (Å²) in [4.78, 5) is 11.6. The average Bonchev–Trinajstić information content (AvgIpc) is 2.40. The predicted octanol–water partition coefficient (Wildman–Crippen LogP) is 2.17. The zero-order valence-corrected chi connectivity index (χ0v) is 11.2. The highest BCUT2D eigenvalue weighted by molar-refractivity contribution is 5.78. The topological polar surface area (TPSA) is 49.3 Å². The Balaban J connectivity index is 2.53. The lowest BCUT2D eigenvalue weighted by Crippen LogP contribution is -2.42. The normalized spacial score (nSPS) is 11.4. The van der Waals surface area contributed by atoms with Crippen LogP contribution in [0.1, 0.15) is 32.3 Å². The molecule has 0 aliphatic rings. The molecule has 0 heterocycles. The van der Waals surface area contributed by atoms with E-state index in [1.807, 2.05) is 13.8 Å². The first-order valence-electron chi connectivity index (χ1n) is 6.33. The van der Waals surface area contributed by atoms with Gasteiger partial charge in [-0.1, -0.05) is 19.9 Å². The summed E-state index contributed by atoms with van der Waals surface area (Å²) in [5.74, 6) is -2.23. The number of rotatable bonds is 6. The summed E-state index contributed by atoms with van der Waals surface area (Å²) in [5, 5.41) is 12.6. The molecular weight excluding hydrogens is 252 g/mol. The Labute approximate surface area is 111 Å². The molecule has 0 aliphatic heterocycles. The third-order valence-electron chi connectivity index (χ3n) is 3.28. The van der Waals surface area contributed by atoms with Crippen molar-refractivity contribution in [3.8, 4) is 0 Å². The van der Waals surface area contributed by atoms with E-state index in [1.54, 1.807) is 0 Å². The monoisotopic (exact) mass is 271 g/mol. The summed E-state index contributed by atoms with van der Waals surface area (Å²) in [6.45, 7) is 3.83. The van der Waals surface area contributed by atoms with Crippen LogP contribution in [0, 0.1) is 11.6 Å². The molecule has 0 radical (unpaired) electrons. The number of hydrogen-bond donors (Lipinski definition) is 2. The molecule has 0 fully saturated rings. The smallest absolute Gasteiger partial charge is 0.224 e. The number of carbonyl (C=O) groups excluding carboxylic acids is 1. The van der Waals surface area contributed by atoms with Crippen LogP contribution in [0.3, 0.4) is 0 Å². The van der Waals surface area contributed by atoms with Gasteiger partial charge in [0.15, 0.2) is 11.6 Å². The molecule has 3 nitrogen and oxygen atoms in total. The molecule has 0 bridgehead atoms. The molecule has 106 valence electrons. The highest BCUT2D eigenvalue weighted by Gasteiger charge is 2.22. The van der Waals surface area contributed by atoms with Gasteiger partial charge in [-0.15, -0.1) is 0 Å². The number of halogens is 2. The van der Waals surface area contributed by atoms with E-state index in [1.165, 1.54) is 6.07 Å². The molecule has 0 aromatic heterocycles. The molecule has 1 rings (SSSR count). The Hall–Kier alpha value is -1.49. The second kappa shape index (κ2) is 6.61. The first-order valence-corrected chi connectivity index (χ1v) is 6.33. The molecule has 1 amide bonds. The van der Waals surface area contributed by atoms with Crippen LogP contribution >= 0.6 is 0 Å². The lowest BCUT2D eigenvalue weighted by atomic mass is 9.97. The fourth-order valence-electron chi connectivity index (χ4n) is 1.66. The lowest BCUT2D eigenvalue weighted by Gasteiger charge is -2.25. The molecule has 0 atom stereocenters. The van der Waals surface area contributed by atoms with Gasteiger partial charge < -0.3 is 10.4 Å². The predicted molar refractivity (Wildman–Crippen MR) is 68.6 cm³/mol. The van der Waals surface area contributed by atoms with Gasteiger partial charge in [-0.05, 0) is 30.5 Å². The van der Waals surface area contributed by atoms with E-state index in [0.717, 1.165) is 12.1 Å². The maximum absolute atomic E-state index is 13.0. The Morgan fingerprint density at radius 3 is 2.42 bits per heavy atom. The molecule has 5 heteroatoms. The number of aliphatic hydroxyl groups is 1. The minimum absolute atomic E-state index is 0.0410. The quantitative estimate of drug-likeness (QED) is 0.833. The second-order valence-corrected chi connectivity index (χ2v) is 4.63. The molecule has 19 heavy (non-hydrogen) atoms. The number of hydrogen-bond acceptors (Lipinski definition) is 2. The lowest BCUT2D eigenvalue weighted by molar-refractivity contribution is -0.121. The molecule has 0 aliphatic carbocycles. The van der Waals surface area contributed by atoms with Gasteiger partial charge in [0.05, 0.1) is 12.0 Å². The first kappa shape index (κ1) is 15.6. The summed E-state index contributed by atoms with van der Waals surface area (Å²) < 4.78 is 25.7. The summed E-state index contributed by atoms with van der Waals surface area (Å²) in [6.07, 6.45) is 1.03. The fraction of sp³-hybridized carbons (Fsp3) is 0.500. The van der Waals surface area contributed by atoms with Gasteiger partial charge in [-0.2, -0.15) is 0 Å². The van der Waals surface area contributed by atoms with Gasteiger partial charge in [0, 0.05) is 6.54 Å². The number of amides is 1. The van der Waals surface area contributed by atoms with Crippen LogP contribution in [-0.2, 0) is 11.2 Å². The Morgan fingerprint density at radius 1 is 1.26 bits per heavy atom. The van der Waals surface area contributed by atoms with Gasteiger partial charge in [-0.3, -0.25) is 4.79 Å². The van der Waals surface area contributed by atoms with Gasteiger partial charge in [0.1, 0.15) is 0 Å². The molecule has 1 aromatic rings. The van der Waals surface area contributed by atoms with Crippen molar-refractivity contribution >= 4 is 5.91 Å². The minimum Gasteiger partial charge on any atom is -0.388 e. The Bertz CT molecular complexity index is 445. The van der Waals surface area contributed by atoms with Gasteiger partial charge in [-0.25, -0.2) is 8.78 Å². The highest BCUT2D eigenvalue weighted by Crippen LogP contribution is 2.13. The number of carbonyl (C=O) groups is 1. The zero-order chi connectivity index (χ0) is 14.5. The molecule has 0 spiro atoms. The SMILES string of the molecule is CCC(O)(CC)CNC(=O)Cc1ccc(F)c(F)c1. The standard InChI is InChI=1S/C14H19F2NO2/c1-3-14(19,4-2)9-17-13(18)8-10-5-6-11(15)12(16)7-10/h5-7,19H,3-4,8-9H2,1-2H3,(H,17,18). The Morgan fingerprint density at radius 2 is 1.89 bits per heavy atom. The number of nitrogens with one attached hydrogen (secondary N) is 1. The van der Waals surface area contributed by atoms with Crippen LogP contribution in [0.5, 0.6) is 0 Å². The first-order chi connectivity index (χ1) is 8.90. The molecule has 0 saturated heterocycles. The molecular formula is C14H19F2NO2. The summed E-state index contributed by atoms with van der Waals surface area (Å²) in [5.41, 5.74) is -0.517. The molecule has 2 N–H and O–H groups in total. The van der Waals surface area contributed by atoms with Gasteiger partial charge >= 0.3 is 0 Å². The maximum Gasteiger partial charge on any atom is 0.224 e. The van der Waals surface area contributed by atoms with Crippen molar-refractivity contribution in [3.05, 3.63) is 35.4 Å². The van der Waals surface area contributed by atoms with E-state index >= 15 is 0 Å². The van der Waals surface area contributed by atoms with Gasteiger partial charge in [0.2, 0.25) is 5.91 Å². The van der Waals surface area contributed by atoms with E-state index in [2.05, 4.69) is 5.32 Å². The van der Waals surface area contributed by atoms with E-state index < -0.39 is 17.2 Å². The fourth-order valence-corrected chi connectivity index (χ4v) is 1.66. The molecule has 1 aromatic carbocycles. The maximum atomic E-state index is 13.0. The van der Waals surface area contributed by atoms with Crippen LogP contribution in [-0.4, -0.2) is 23.2 Å². The van der Waals surface area contributed by atoms with Crippen molar-refractivity contribution in [2.24, 2.45) is 0 Å². The highest BCUT2D eigenvalue weighted by atomic mass is 19.2. The largest absolute Gasteiger partial charge is 0.388 e. The van der Waals surface area contributed by atoms with Crippen LogP contribution in [0.25, 0.3) is 0 Å². The third-order valence-corrected chi connectivity index (χ3v) is 3.28. The van der Waals surface area contributed by atoms with Crippen molar-refractivity contribution < 1.29 is 18.7 Å². The molecule has 0 unspecified atom stereocenters. The van der Waals surface area contributed by atoms with Crippen molar-refractivity contribution in [1.29, 1.82) is 0 Å². The van der Waals surface area contributed by atoms with Crippen molar-refractivity contribution in [3.63, 3.8) is 0 Å². The average molecular weight is 271 g/mol. The van der Waals surface area contributed by atoms with E-state index in [4.69, 9.17) is 0 Å². The minimum atomic E-state index is -0.969.